The van der Waals surface area contributed by atoms with Crippen LogP contribution in [0.3, 0.4) is 0 Å². The van der Waals surface area contributed by atoms with Gasteiger partial charge >= 0.3 is 0 Å². The van der Waals surface area contributed by atoms with Gasteiger partial charge in [-0.25, -0.2) is 13.4 Å². The van der Waals surface area contributed by atoms with Crippen LogP contribution in [0.2, 0.25) is 5.02 Å². The molecular formula is C17H20ClN3O2S. The number of aromatic amines is 2. The van der Waals surface area contributed by atoms with E-state index >= 15 is 0 Å². The second-order valence-corrected chi connectivity index (χ2v) is 8.52. The molecule has 0 saturated carbocycles. The monoisotopic (exact) mass is 365 g/mol. The Balaban J connectivity index is 2.37. The molecule has 24 heavy (non-hydrogen) atoms. The van der Waals surface area contributed by atoms with Gasteiger partial charge in [0.15, 0.2) is 15.7 Å². The van der Waals surface area contributed by atoms with Crippen LogP contribution in [-0.2, 0) is 9.84 Å². The number of benzene rings is 1. The number of H-pyrrole nitrogens is 2. The Kier molecular flexibility index (Phi) is 4.44. The zero-order valence-electron chi connectivity index (χ0n) is 13.9. The van der Waals surface area contributed by atoms with Crippen LogP contribution in [0.5, 0.6) is 0 Å². The van der Waals surface area contributed by atoms with Crippen LogP contribution in [0.25, 0.3) is 22.4 Å². The fourth-order valence-electron chi connectivity index (χ4n) is 3.04. The van der Waals surface area contributed by atoms with Gasteiger partial charge in [-0.05, 0) is 38.0 Å². The lowest BCUT2D eigenvalue weighted by molar-refractivity contribution is 0.572. The van der Waals surface area contributed by atoms with Crippen molar-refractivity contribution in [1.82, 2.24) is 15.0 Å². The molecule has 128 valence electrons. The van der Waals surface area contributed by atoms with E-state index in [1.165, 1.54) is 0 Å². The Labute approximate surface area is 146 Å². The molecule has 0 amide bonds. The number of fused-ring (bicyclic) bond motifs is 1. The average molecular weight is 366 g/mol. The fourth-order valence-corrected chi connectivity index (χ4v) is 5.33. The summed E-state index contributed by atoms with van der Waals surface area (Å²) in [5.41, 5.74) is 2.09. The highest BCUT2D eigenvalue weighted by Crippen LogP contribution is 2.37. The Morgan fingerprint density at radius 2 is 1.92 bits per heavy atom. The quantitative estimate of drug-likeness (QED) is 0.699. The molecule has 3 rings (SSSR count). The first-order chi connectivity index (χ1) is 11.4. The molecule has 0 spiro atoms. The minimum Gasteiger partial charge on any atom is -0.351 e. The minimum absolute atomic E-state index is 0.281. The van der Waals surface area contributed by atoms with Crippen LogP contribution in [-0.4, -0.2) is 28.6 Å². The normalized spacial score (nSPS) is 12.4. The van der Waals surface area contributed by atoms with E-state index in [0.29, 0.717) is 34.8 Å². The standard InChI is InChI=1S/C17H20ClN3O2S/c1-4-12(5-2)24(22,23)16-13-8-11(18)6-7-14(13)21-15(16)17-19-9-10(3)20-17/h6-9,12,21H,4-5H2,1-3H3,(H,19,20). The van der Waals surface area contributed by atoms with Gasteiger partial charge in [-0.15, -0.1) is 0 Å². The van der Waals surface area contributed by atoms with Gasteiger partial charge in [0, 0.05) is 27.8 Å². The maximum absolute atomic E-state index is 13.3. The van der Waals surface area contributed by atoms with E-state index in [4.69, 9.17) is 11.6 Å². The third-order valence-corrected chi connectivity index (χ3v) is 7.06. The molecule has 2 aromatic heterocycles. The maximum Gasteiger partial charge on any atom is 0.184 e. The number of rotatable bonds is 5. The van der Waals surface area contributed by atoms with Gasteiger partial charge in [0.05, 0.1) is 5.25 Å². The number of nitrogens with one attached hydrogen (secondary N) is 2. The number of hydrogen-bond donors (Lipinski definition) is 2. The summed E-state index contributed by atoms with van der Waals surface area (Å²) in [6.45, 7) is 5.67. The summed E-state index contributed by atoms with van der Waals surface area (Å²) in [6.07, 6.45) is 2.80. The van der Waals surface area contributed by atoms with E-state index in [1.807, 2.05) is 20.8 Å². The minimum atomic E-state index is -3.52. The van der Waals surface area contributed by atoms with Crippen molar-refractivity contribution in [3.63, 3.8) is 0 Å². The highest BCUT2D eigenvalue weighted by Gasteiger charge is 2.32. The predicted molar refractivity (Wildman–Crippen MR) is 97.2 cm³/mol. The predicted octanol–water partition coefficient (Wildman–Crippen LogP) is 4.48. The number of nitrogens with zero attached hydrogens (tertiary/aromatic N) is 1. The van der Waals surface area contributed by atoms with Crippen molar-refractivity contribution in [1.29, 1.82) is 0 Å². The molecule has 0 aliphatic carbocycles. The van der Waals surface area contributed by atoms with Crippen molar-refractivity contribution in [3.8, 4) is 11.5 Å². The van der Waals surface area contributed by atoms with E-state index in [0.717, 1.165) is 11.2 Å². The molecular weight excluding hydrogens is 346 g/mol. The smallest absolute Gasteiger partial charge is 0.184 e. The van der Waals surface area contributed by atoms with Crippen LogP contribution >= 0.6 is 11.6 Å². The van der Waals surface area contributed by atoms with Crippen LogP contribution in [0.4, 0.5) is 0 Å². The van der Waals surface area contributed by atoms with Crippen molar-refractivity contribution < 1.29 is 8.42 Å². The number of hydrogen-bond acceptors (Lipinski definition) is 3. The topological polar surface area (TPSA) is 78.6 Å². The number of aryl methyl sites for hydroxylation is 1. The number of halogens is 1. The molecule has 2 heterocycles. The summed E-state index contributed by atoms with van der Waals surface area (Å²) < 4.78 is 26.6. The first-order valence-corrected chi connectivity index (χ1v) is 9.88. The first-order valence-electron chi connectivity index (χ1n) is 7.95. The van der Waals surface area contributed by atoms with Gasteiger partial charge in [-0.2, -0.15) is 0 Å². The summed E-state index contributed by atoms with van der Waals surface area (Å²) in [5.74, 6) is 0.518. The van der Waals surface area contributed by atoms with Crippen molar-refractivity contribution in [2.75, 3.05) is 0 Å². The Morgan fingerprint density at radius 1 is 1.21 bits per heavy atom. The zero-order valence-corrected chi connectivity index (χ0v) is 15.4. The summed E-state index contributed by atoms with van der Waals surface area (Å²) in [5, 5.41) is 0.674. The molecule has 0 aliphatic rings. The lowest BCUT2D eigenvalue weighted by atomic mass is 10.2. The molecule has 0 fully saturated rings. The Morgan fingerprint density at radius 3 is 2.50 bits per heavy atom. The number of aromatic nitrogens is 3. The van der Waals surface area contributed by atoms with Crippen molar-refractivity contribution in [3.05, 3.63) is 35.1 Å². The molecule has 7 heteroatoms. The molecule has 0 aliphatic heterocycles. The molecule has 1 aromatic carbocycles. The number of imidazole rings is 1. The van der Waals surface area contributed by atoms with Gasteiger partial charge in [-0.1, -0.05) is 25.4 Å². The molecule has 2 N–H and O–H groups in total. The lowest BCUT2D eigenvalue weighted by Crippen LogP contribution is -2.20. The number of sulfone groups is 1. The second kappa shape index (κ2) is 6.26. The molecule has 0 unspecified atom stereocenters. The van der Waals surface area contributed by atoms with Crippen molar-refractivity contribution in [2.45, 2.75) is 43.8 Å². The molecule has 0 radical (unpaired) electrons. The third kappa shape index (κ3) is 2.74. The highest BCUT2D eigenvalue weighted by molar-refractivity contribution is 7.92. The molecule has 0 atom stereocenters. The van der Waals surface area contributed by atoms with E-state index < -0.39 is 15.1 Å². The fraction of sp³-hybridized carbons (Fsp3) is 0.353. The molecule has 5 nitrogen and oxygen atoms in total. The van der Waals surface area contributed by atoms with Crippen LogP contribution < -0.4 is 0 Å². The van der Waals surface area contributed by atoms with Gasteiger partial charge < -0.3 is 9.97 Å². The van der Waals surface area contributed by atoms with Gasteiger partial charge in [0.2, 0.25) is 0 Å². The lowest BCUT2D eigenvalue weighted by Gasteiger charge is -2.14. The third-order valence-electron chi connectivity index (χ3n) is 4.29. The Hall–Kier alpha value is -1.79. The summed E-state index contributed by atoms with van der Waals surface area (Å²) in [4.78, 5) is 10.9. The van der Waals surface area contributed by atoms with Crippen molar-refractivity contribution in [2.24, 2.45) is 0 Å². The summed E-state index contributed by atoms with van der Waals surface area (Å²) in [6, 6.07) is 5.23. The van der Waals surface area contributed by atoms with E-state index in [-0.39, 0.29) is 4.90 Å². The second-order valence-electron chi connectivity index (χ2n) is 5.92. The van der Waals surface area contributed by atoms with Crippen LogP contribution in [0, 0.1) is 6.92 Å². The molecule has 3 aromatic rings. The van der Waals surface area contributed by atoms with Gasteiger partial charge in [-0.3, -0.25) is 0 Å². The zero-order chi connectivity index (χ0) is 17.5. The van der Waals surface area contributed by atoms with E-state index in [1.54, 1.807) is 24.4 Å². The van der Waals surface area contributed by atoms with Crippen LogP contribution in [0.1, 0.15) is 32.4 Å². The van der Waals surface area contributed by atoms with Gasteiger partial charge in [0.1, 0.15) is 10.6 Å². The molecule has 0 saturated heterocycles. The van der Waals surface area contributed by atoms with Gasteiger partial charge in [0.25, 0.3) is 0 Å². The molecule has 0 bridgehead atoms. The average Bonchev–Trinajstić information content (AvgIpc) is 3.11. The van der Waals surface area contributed by atoms with E-state index in [2.05, 4.69) is 15.0 Å². The largest absolute Gasteiger partial charge is 0.351 e. The highest BCUT2D eigenvalue weighted by atomic mass is 35.5. The maximum atomic E-state index is 13.3. The van der Waals surface area contributed by atoms with Crippen LogP contribution in [0.15, 0.2) is 29.3 Å². The summed E-state index contributed by atoms with van der Waals surface area (Å²) >= 11 is 6.12. The first kappa shape index (κ1) is 17.0. The Bertz CT molecular complexity index is 985. The van der Waals surface area contributed by atoms with Crippen molar-refractivity contribution >= 4 is 32.3 Å². The van der Waals surface area contributed by atoms with E-state index in [9.17, 15) is 8.42 Å². The summed E-state index contributed by atoms with van der Waals surface area (Å²) in [7, 11) is -3.52. The SMILES string of the molecule is CCC(CC)S(=O)(=O)c1c(-c2ncc(C)[nH]2)[nH]c2ccc(Cl)cc12.